The predicted molar refractivity (Wildman–Crippen MR) is 121 cm³/mol. The van der Waals surface area contributed by atoms with Gasteiger partial charge in [0, 0.05) is 16.9 Å². The zero-order valence-corrected chi connectivity index (χ0v) is 17.3. The van der Waals surface area contributed by atoms with E-state index in [0.29, 0.717) is 27.5 Å². The molecule has 0 bridgehead atoms. The molecule has 0 unspecified atom stereocenters. The summed E-state index contributed by atoms with van der Waals surface area (Å²) >= 11 is 6.02. The van der Waals surface area contributed by atoms with Gasteiger partial charge < -0.3 is 5.32 Å². The number of carbonyl (C=O) groups excluding carboxylic acids is 3. The molecule has 1 aliphatic rings. The third-order valence-electron chi connectivity index (χ3n) is 5.05. The van der Waals surface area contributed by atoms with Gasteiger partial charge in [0.25, 0.3) is 17.7 Å². The fraction of sp³-hybridized carbons (Fsp3) is 0. The lowest BCUT2D eigenvalue weighted by molar-refractivity contribution is 0.0925. The SMILES string of the molecule is O=C(Nc1cccc(N2C(=O)c3ccccc3C2=O)c1)c1ccn(-c2cccc(Cl)c2)n1. The summed E-state index contributed by atoms with van der Waals surface area (Å²) in [6.07, 6.45) is 1.66. The number of carbonyl (C=O) groups is 3. The molecule has 0 radical (unpaired) electrons. The smallest absolute Gasteiger partial charge is 0.276 e. The van der Waals surface area contributed by atoms with Gasteiger partial charge in [-0.05, 0) is 54.6 Å². The van der Waals surface area contributed by atoms with E-state index in [2.05, 4.69) is 10.4 Å². The number of hydrogen-bond acceptors (Lipinski definition) is 4. The van der Waals surface area contributed by atoms with Crippen LogP contribution in [0.4, 0.5) is 11.4 Å². The molecule has 4 aromatic rings. The van der Waals surface area contributed by atoms with Crippen LogP contribution in [-0.2, 0) is 0 Å². The Balaban J connectivity index is 1.37. The van der Waals surface area contributed by atoms with Crippen LogP contribution in [0.3, 0.4) is 0 Å². The number of nitrogens with zero attached hydrogens (tertiary/aromatic N) is 3. The molecule has 1 N–H and O–H groups in total. The van der Waals surface area contributed by atoms with Gasteiger partial charge in [-0.1, -0.05) is 35.9 Å². The fourth-order valence-corrected chi connectivity index (χ4v) is 3.73. The molecule has 0 fully saturated rings. The van der Waals surface area contributed by atoms with Gasteiger partial charge in [0.2, 0.25) is 0 Å². The van der Waals surface area contributed by atoms with Crippen molar-refractivity contribution in [1.29, 1.82) is 0 Å². The molecule has 0 saturated heterocycles. The van der Waals surface area contributed by atoms with Gasteiger partial charge in [0.1, 0.15) is 0 Å². The van der Waals surface area contributed by atoms with E-state index < -0.39 is 17.7 Å². The van der Waals surface area contributed by atoms with E-state index in [1.807, 2.05) is 6.07 Å². The van der Waals surface area contributed by atoms with E-state index in [4.69, 9.17) is 11.6 Å². The van der Waals surface area contributed by atoms with Crippen LogP contribution in [0.1, 0.15) is 31.2 Å². The lowest BCUT2D eigenvalue weighted by atomic mass is 10.1. The predicted octanol–water partition coefficient (Wildman–Crippen LogP) is 4.58. The molecule has 0 aliphatic carbocycles. The van der Waals surface area contributed by atoms with Crippen LogP contribution in [0.2, 0.25) is 5.02 Å². The first-order valence-corrected chi connectivity index (χ1v) is 10.1. The molecular formula is C24H15ClN4O3. The van der Waals surface area contributed by atoms with E-state index in [-0.39, 0.29) is 5.69 Å². The highest BCUT2D eigenvalue weighted by atomic mass is 35.5. The molecule has 5 rings (SSSR count). The maximum absolute atomic E-state index is 12.7. The number of halogens is 1. The van der Waals surface area contributed by atoms with Gasteiger partial charge in [-0.15, -0.1) is 0 Å². The van der Waals surface area contributed by atoms with Crippen molar-refractivity contribution in [3.05, 3.63) is 107 Å². The Morgan fingerprint density at radius 1 is 0.812 bits per heavy atom. The first-order chi connectivity index (χ1) is 15.5. The molecule has 7 nitrogen and oxygen atoms in total. The number of hydrogen-bond donors (Lipinski definition) is 1. The average molecular weight is 443 g/mol. The summed E-state index contributed by atoms with van der Waals surface area (Å²) in [7, 11) is 0. The molecule has 0 spiro atoms. The van der Waals surface area contributed by atoms with Gasteiger partial charge in [-0.2, -0.15) is 5.10 Å². The normalized spacial score (nSPS) is 12.7. The van der Waals surface area contributed by atoms with Crippen molar-refractivity contribution in [2.24, 2.45) is 0 Å². The zero-order chi connectivity index (χ0) is 22.2. The van der Waals surface area contributed by atoms with E-state index in [1.54, 1.807) is 83.7 Å². The molecule has 0 saturated carbocycles. The summed E-state index contributed by atoms with van der Waals surface area (Å²) < 4.78 is 1.55. The summed E-state index contributed by atoms with van der Waals surface area (Å²) in [4.78, 5) is 39.2. The molecule has 2 heterocycles. The maximum atomic E-state index is 12.7. The van der Waals surface area contributed by atoms with Gasteiger partial charge in [-0.3, -0.25) is 14.4 Å². The monoisotopic (exact) mass is 442 g/mol. The lowest BCUT2D eigenvalue weighted by Gasteiger charge is -2.15. The van der Waals surface area contributed by atoms with Crippen molar-refractivity contribution in [2.75, 3.05) is 10.2 Å². The number of anilines is 2. The van der Waals surface area contributed by atoms with Crippen LogP contribution < -0.4 is 10.2 Å². The number of fused-ring (bicyclic) bond motifs is 1. The van der Waals surface area contributed by atoms with Crippen LogP contribution in [0.5, 0.6) is 0 Å². The second kappa shape index (κ2) is 7.79. The Hall–Kier alpha value is -4.23. The second-order valence-electron chi connectivity index (χ2n) is 7.12. The minimum Gasteiger partial charge on any atom is -0.321 e. The largest absolute Gasteiger partial charge is 0.321 e. The van der Waals surface area contributed by atoms with Crippen molar-refractivity contribution in [3.8, 4) is 5.69 Å². The maximum Gasteiger partial charge on any atom is 0.276 e. The highest BCUT2D eigenvalue weighted by molar-refractivity contribution is 6.34. The van der Waals surface area contributed by atoms with E-state index in [0.717, 1.165) is 10.6 Å². The Kier molecular flexibility index (Phi) is 4.80. The average Bonchev–Trinajstić information content (AvgIpc) is 3.38. The number of aromatic nitrogens is 2. The lowest BCUT2D eigenvalue weighted by Crippen LogP contribution is -2.29. The molecule has 32 heavy (non-hydrogen) atoms. The number of imide groups is 1. The van der Waals surface area contributed by atoms with Crippen LogP contribution >= 0.6 is 11.6 Å². The van der Waals surface area contributed by atoms with Crippen molar-refractivity contribution >= 4 is 40.7 Å². The first-order valence-electron chi connectivity index (χ1n) is 9.72. The molecular weight excluding hydrogens is 428 g/mol. The van der Waals surface area contributed by atoms with Gasteiger partial charge >= 0.3 is 0 Å². The zero-order valence-electron chi connectivity index (χ0n) is 16.5. The molecule has 156 valence electrons. The quantitative estimate of drug-likeness (QED) is 0.469. The van der Waals surface area contributed by atoms with Crippen molar-refractivity contribution in [3.63, 3.8) is 0 Å². The van der Waals surface area contributed by atoms with Crippen LogP contribution in [0.15, 0.2) is 85.1 Å². The van der Waals surface area contributed by atoms with Crippen LogP contribution in [0.25, 0.3) is 5.69 Å². The topological polar surface area (TPSA) is 84.3 Å². The summed E-state index contributed by atoms with van der Waals surface area (Å²) in [5.74, 6) is -1.21. The van der Waals surface area contributed by atoms with Crippen molar-refractivity contribution in [1.82, 2.24) is 9.78 Å². The highest BCUT2D eigenvalue weighted by Crippen LogP contribution is 2.29. The number of amides is 3. The fourth-order valence-electron chi connectivity index (χ4n) is 3.55. The summed E-state index contributed by atoms with van der Waals surface area (Å²) in [5, 5.41) is 7.62. The second-order valence-corrected chi connectivity index (χ2v) is 7.56. The standard InChI is InChI=1S/C24H15ClN4O3/c25-15-5-3-7-17(13-15)28-12-11-21(27-28)22(30)26-16-6-4-8-18(14-16)29-23(31)19-9-1-2-10-20(19)24(29)32/h1-14H,(H,26,30). The minimum absolute atomic E-state index is 0.205. The van der Waals surface area contributed by atoms with E-state index in [9.17, 15) is 14.4 Å². The van der Waals surface area contributed by atoms with Gasteiger partial charge in [0.15, 0.2) is 5.69 Å². The molecule has 1 aromatic heterocycles. The summed E-state index contributed by atoms with van der Waals surface area (Å²) in [5.41, 5.74) is 2.46. The number of benzene rings is 3. The molecule has 0 atom stereocenters. The van der Waals surface area contributed by atoms with Gasteiger partial charge in [-0.25, -0.2) is 9.58 Å². The van der Waals surface area contributed by atoms with Crippen molar-refractivity contribution in [2.45, 2.75) is 0 Å². The Morgan fingerprint density at radius 2 is 1.50 bits per heavy atom. The highest BCUT2D eigenvalue weighted by Gasteiger charge is 2.36. The number of nitrogens with one attached hydrogen (secondary N) is 1. The third kappa shape index (κ3) is 3.44. The Morgan fingerprint density at radius 3 is 2.22 bits per heavy atom. The first kappa shape index (κ1) is 19.7. The molecule has 8 heteroatoms. The molecule has 1 aliphatic heterocycles. The van der Waals surface area contributed by atoms with Gasteiger partial charge in [0.05, 0.1) is 22.5 Å². The van der Waals surface area contributed by atoms with Crippen LogP contribution in [0, 0.1) is 0 Å². The van der Waals surface area contributed by atoms with Crippen LogP contribution in [-0.4, -0.2) is 27.5 Å². The summed E-state index contributed by atoms with van der Waals surface area (Å²) in [6.45, 7) is 0. The Bertz CT molecular complexity index is 1360. The molecule has 3 aromatic carbocycles. The number of rotatable bonds is 4. The molecule has 3 amide bonds. The summed E-state index contributed by atoms with van der Waals surface area (Å²) in [6, 6.07) is 21.9. The van der Waals surface area contributed by atoms with E-state index in [1.165, 1.54) is 0 Å². The third-order valence-corrected chi connectivity index (χ3v) is 5.29. The minimum atomic E-state index is -0.426. The van der Waals surface area contributed by atoms with E-state index >= 15 is 0 Å². The Labute approximate surface area is 187 Å². The van der Waals surface area contributed by atoms with Crippen molar-refractivity contribution < 1.29 is 14.4 Å².